The second-order valence-electron chi connectivity index (χ2n) is 6.69. The molecule has 1 aliphatic rings. The van der Waals surface area contributed by atoms with Gasteiger partial charge in [-0.25, -0.2) is 4.68 Å². The second kappa shape index (κ2) is 7.62. The normalized spacial score (nSPS) is 16.7. The minimum Gasteiger partial charge on any atom is -0.389 e. The number of aromatic nitrogens is 2. The van der Waals surface area contributed by atoms with Crippen molar-refractivity contribution in [2.24, 2.45) is 0 Å². The highest BCUT2D eigenvalue weighted by Crippen LogP contribution is 2.30. The van der Waals surface area contributed by atoms with Gasteiger partial charge in [0.15, 0.2) is 0 Å². The van der Waals surface area contributed by atoms with Crippen molar-refractivity contribution < 1.29 is 9.90 Å². The first-order valence-corrected chi connectivity index (χ1v) is 8.73. The topological polar surface area (TPSA) is 67.2 Å². The molecule has 0 aliphatic heterocycles. The summed E-state index contributed by atoms with van der Waals surface area (Å²) < 4.78 is 1.84. The van der Waals surface area contributed by atoms with Crippen LogP contribution in [-0.2, 0) is 11.2 Å². The average Bonchev–Trinajstić information content (AvgIpc) is 3.05. The van der Waals surface area contributed by atoms with Crippen molar-refractivity contribution in [1.29, 1.82) is 0 Å². The molecule has 1 aliphatic carbocycles. The summed E-state index contributed by atoms with van der Waals surface area (Å²) in [5, 5.41) is 17.7. The first-order valence-electron chi connectivity index (χ1n) is 8.73. The molecule has 0 saturated heterocycles. The predicted octanol–water partition coefficient (Wildman–Crippen LogP) is 2.62. The molecule has 1 heterocycles. The number of carbonyl (C=O) groups is 1. The molecule has 1 saturated carbocycles. The average molecular weight is 327 g/mol. The standard InChI is InChI=1S/C19H25N3O2/c23-18(13-19(24)10-5-2-6-11-19)20-12-9-16-14-21-22(15-16)17-7-3-1-4-8-17/h1,3-4,7-8,14-15,24H,2,5-6,9-13H2,(H,20,23). The van der Waals surface area contributed by atoms with E-state index in [-0.39, 0.29) is 12.3 Å². The Morgan fingerprint density at radius 2 is 1.96 bits per heavy atom. The van der Waals surface area contributed by atoms with Crippen LogP contribution in [0.25, 0.3) is 5.69 Å². The molecule has 0 bridgehead atoms. The first-order chi connectivity index (χ1) is 11.6. The van der Waals surface area contributed by atoms with Crippen LogP contribution in [0.3, 0.4) is 0 Å². The number of carbonyl (C=O) groups excluding carboxylic acids is 1. The number of nitrogens with zero attached hydrogens (tertiary/aromatic N) is 2. The summed E-state index contributed by atoms with van der Waals surface area (Å²) in [6.07, 6.45) is 9.44. The number of para-hydroxylation sites is 1. The molecule has 128 valence electrons. The predicted molar refractivity (Wildman–Crippen MR) is 92.9 cm³/mol. The van der Waals surface area contributed by atoms with Crippen molar-refractivity contribution in [3.05, 3.63) is 48.3 Å². The number of hydrogen-bond donors (Lipinski definition) is 2. The SMILES string of the molecule is O=C(CC1(O)CCCCC1)NCCc1cnn(-c2ccccc2)c1. The number of nitrogens with one attached hydrogen (secondary N) is 1. The number of amides is 1. The number of hydrogen-bond acceptors (Lipinski definition) is 3. The van der Waals surface area contributed by atoms with Gasteiger partial charge < -0.3 is 10.4 Å². The Hall–Kier alpha value is -2.14. The molecule has 1 amide bonds. The maximum Gasteiger partial charge on any atom is 0.222 e. The third-order valence-electron chi connectivity index (χ3n) is 4.67. The summed E-state index contributed by atoms with van der Waals surface area (Å²) in [5.74, 6) is -0.0603. The van der Waals surface area contributed by atoms with Crippen molar-refractivity contribution in [2.75, 3.05) is 6.54 Å². The third kappa shape index (κ3) is 4.45. The van der Waals surface area contributed by atoms with Crippen molar-refractivity contribution in [1.82, 2.24) is 15.1 Å². The van der Waals surface area contributed by atoms with E-state index in [4.69, 9.17) is 0 Å². The van der Waals surface area contributed by atoms with Crippen LogP contribution in [-0.4, -0.2) is 32.9 Å². The molecule has 0 unspecified atom stereocenters. The summed E-state index contributed by atoms with van der Waals surface area (Å²) in [5.41, 5.74) is 1.31. The summed E-state index contributed by atoms with van der Waals surface area (Å²) in [6.45, 7) is 0.565. The summed E-state index contributed by atoms with van der Waals surface area (Å²) >= 11 is 0. The van der Waals surface area contributed by atoms with Gasteiger partial charge in [-0.2, -0.15) is 5.10 Å². The van der Waals surface area contributed by atoms with Crippen LogP contribution < -0.4 is 5.32 Å². The highest BCUT2D eigenvalue weighted by atomic mass is 16.3. The number of rotatable bonds is 6. The molecule has 24 heavy (non-hydrogen) atoms. The first kappa shape index (κ1) is 16.7. The quantitative estimate of drug-likeness (QED) is 0.857. The maximum atomic E-state index is 12.0. The van der Waals surface area contributed by atoms with Gasteiger partial charge >= 0.3 is 0 Å². The Kier molecular flexibility index (Phi) is 5.30. The minimum absolute atomic E-state index is 0.0603. The van der Waals surface area contributed by atoms with Crippen LogP contribution in [0.4, 0.5) is 0 Å². The van der Waals surface area contributed by atoms with Crippen molar-refractivity contribution in [3.8, 4) is 5.69 Å². The van der Waals surface area contributed by atoms with Crippen LogP contribution in [0, 0.1) is 0 Å². The lowest BCUT2D eigenvalue weighted by Gasteiger charge is -2.31. The van der Waals surface area contributed by atoms with E-state index in [9.17, 15) is 9.90 Å². The molecule has 1 fully saturated rings. The van der Waals surface area contributed by atoms with E-state index < -0.39 is 5.60 Å². The number of benzene rings is 1. The monoisotopic (exact) mass is 327 g/mol. The van der Waals surface area contributed by atoms with Gasteiger partial charge in [-0.3, -0.25) is 4.79 Å². The largest absolute Gasteiger partial charge is 0.389 e. The molecule has 0 spiro atoms. The Morgan fingerprint density at radius 1 is 1.21 bits per heavy atom. The van der Waals surface area contributed by atoms with Crippen molar-refractivity contribution in [3.63, 3.8) is 0 Å². The molecule has 5 heteroatoms. The molecule has 2 aromatic rings. The molecule has 2 N–H and O–H groups in total. The smallest absolute Gasteiger partial charge is 0.222 e. The summed E-state index contributed by atoms with van der Waals surface area (Å²) in [7, 11) is 0. The molecular weight excluding hydrogens is 302 g/mol. The van der Waals surface area contributed by atoms with Crippen molar-refractivity contribution in [2.45, 2.75) is 50.5 Å². The van der Waals surface area contributed by atoms with Crippen LogP contribution in [0.5, 0.6) is 0 Å². The van der Waals surface area contributed by atoms with Gasteiger partial charge in [0.25, 0.3) is 0 Å². The third-order valence-corrected chi connectivity index (χ3v) is 4.67. The molecule has 5 nitrogen and oxygen atoms in total. The van der Waals surface area contributed by atoms with E-state index in [0.29, 0.717) is 6.54 Å². The lowest BCUT2D eigenvalue weighted by Crippen LogP contribution is -2.38. The molecule has 1 aromatic heterocycles. The molecular formula is C19H25N3O2. The summed E-state index contributed by atoms with van der Waals surface area (Å²) in [4.78, 5) is 12.0. The van der Waals surface area contributed by atoms with Gasteiger partial charge in [-0.1, -0.05) is 37.5 Å². The van der Waals surface area contributed by atoms with Crippen LogP contribution in [0.15, 0.2) is 42.7 Å². The summed E-state index contributed by atoms with van der Waals surface area (Å²) in [6, 6.07) is 9.94. The van der Waals surface area contributed by atoms with E-state index in [2.05, 4.69) is 10.4 Å². The highest BCUT2D eigenvalue weighted by molar-refractivity contribution is 5.77. The van der Waals surface area contributed by atoms with E-state index in [1.54, 1.807) is 0 Å². The fourth-order valence-electron chi connectivity index (χ4n) is 3.31. The van der Waals surface area contributed by atoms with Gasteiger partial charge in [0, 0.05) is 12.7 Å². The lowest BCUT2D eigenvalue weighted by molar-refractivity contribution is -0.127. The highest BCUT2D eigenvalue weighted by Gasteiger charge is 2.31. The Morgan fingerprint density at radius 3 is 2.71 bits per heavy atom. The van der Waals surface area contributed by atoms with Gasteiger partial charge in [0.2, 0.25) is 5.91 Å². The zero-order valence-corrected chi connectivity index (χ0v) is 13.9. The Bertz CT molecular complexity index is 660. The second-order valence-corrected chi connectivity index (χ2v) is 6.69. The Labute approximate surface area is 142 Å². The van der Waals surface area contributed by atoms with Crippen molar-refractivity contribution >= 4 is 5.91 Å². The lowest BCUT2D eigenvalue weighted by atomic mass is 9.82. The molecule has 0 atom stereocenters. The maximum absolute atomic E-state index is 12.0. The van der Waals surface area contributed by atoms with Gasteiger partial charge in [0.05, 0.1) is 23.9 Å². The van der Waals surface area contributed by atoms with E-state index in [0.717, 1.165) is 49.8 Å². The number of aliphatic hydroxyl groups is 1. The van der Waals surface area contributed by atoms with Crippen LogP contribution >= 0.6 is 0 Å². The van der Waals surface area contributed by atoms with E-state index in [1.165, 1.54) is 0 Å². The van der Waals surface area contributed by atoms with Crippen LogP contribution in [0.1, 0.15) is 44.1 Å². The van der Waals surface area contributed by atoms with Crippen LogP contribution in [0.2, 0.25) is 0 Å². The fourth-order valence-corrected chi connectivity index (χ4v) is 3.31. The van der Waals surface area contributed by atoms with Gasteiger partial charge in [-0.15, -0.1) is 0 Å². The molecule has 3 rings (SSSR count). The Balaban J connectivity index is 1.45. The molecule has 1 aromatic carbocycles. The minimum atomic E-state index is -0.791. The van der Waals surface area contributed by atoms with E-state index >= 15 is 0 Å². The zero-order valence-electron chi connectivity index (χ0n) is 13.9. The van der Waals surface area contributed by atoms with Gasteiger partial charge in [-0.05, 0) is 37.0 Å². The molecule has 0 radical (unpaired) electrons. The van der Waals surface area contributed by atoms with E-state index in [1.807, 2.05) is 47.4 Å². The van der Waals surface area contributed by atoms with Gasteiger partial charge in [0.1, 0.15) is 0 Å². The zero-order chi connectivity index (χ0) is 16.8. The fraction of sp³-hybridized carbons (Fsp3) is 0.474.